The summed E-state index contributed by atoms with van der Waals surface area (Å²) in [5, 5.41) is 2.46. The van der Waals surface area contributed by atoms with Gasteiger partial charge < -0.3 is 13.9 Å². The molecule has 228 valence electrons. The maximum Gasteiger partial charge on any atom is 0.494 e. The third kappa shape index (κ3) is 3.40. The molecule has 4 heteroatoms. The van der Waals surface area contributed by atoms with Gasteiger partial charge in [-0.3, -0.25) is 0 Å². The number of hydrogen-bond donors (Lipinski definition) is 0. The van der Waals surface area contributed by atoms with Crippen LogP contribution in [0.15, 0.2) is 133 Å². The van der Waals surface area contributed by atoms with Crippen molar-refractivity contribution >= 4 is 34.4 Å². The summed E-state index contributed by atoms with van der Waals surface area (Å²) in [6, 6.07) is 40.8. The summed E-state index contributed by atoms with van der Waals surface area (Å²) in [7, 11) is -0.420. The Morgan fingerprint density at radius 3 is 2.15 bits per heavy atom. The van der Waals surface area contributed by atoms with Crippen LogP contribution in [-0.4, -0.2) is 22.9 Å². The maximum absolute atomic E-state index is 6.53. The van der Waals surface area contributed by atoms with Gasteiger partial charge in [0, 0.05) is 33.9 Å². The molecule has 47 heavy (non-hydrogen) atoms. The van der Waals surface area contributed by atoms with E-state index < -0.39 is 18.3 Å². The highest BCUT2D eigenvalue weighted by atomic mass is 16.7. The van der Waals surface area contributed by atoms with E-state index in [1.54, 1.807) is 0 Å². The van der Waals surface area contributed by atoms with Crippen LogP contribution < -0.4 is 5.46 Å². The minimum atomic E-state index is -0.420. The third-order valence-corrected chi connectivity index (χ3v) is 11.9. The van der Waals surface area contributed by atoms with Gasteiger partial charge >= 0.3 is 7.12 Å². The molecular weight excluding hydrogens is 573 g/mol. The number of fused-ring (bicyclic) bond motifs is 14. The Balaban J connectivity index is 1.31. The molecule has 2 heterocycles. The standard InChI is InChI=1S/C43H36BNO2/c1-41(2)42(3,4)47-44(46-41)27-22-25-38-33(26-27)31-23-24-37-39(40(31)45(38)28-14-6-5-7-15-28)32-18-10-13-21-36(32)43(37)34-19-11-8-16-29(34)30-17-9-12-20-35(30)43/h5-26,29,34H,1-4H3. The quantitative estimate of drug-likeness (QED) is 0.183. The maximum atomic E-state index is 6.53. The van der Waals surface area contributed by atoms with E-state index in [0.717, 1.165) is 11.2 Å². The van der Waals surface area contributed by atoms with E-state index in [1.807, 2.05) is 0 Å². The molecule has 3 aliphatic carbocycles. The second-order valence-electron chi connectivity index (χ2n) is 14.7. The first-order valence-electron chi connectivity index (χ1n) is 16.9. The first kappa shape index (κ1) is 27.5. The van der Waals surface area contributed by atoms with E-state index in [9.17, 15) is 0 Å². The van der Waals surface area contributed by atoms with Gasteiger partial charge in [-0.25, -0.2) is 0 Å². The number of para-hydroxylation sites is 1. The van der Waals surface area contributed by atoms with E-state index in [1.165, 1.54) is 55.2 Å². The van der Waals surface area contributed by atoms with E-state index in [4.69, 9.17) is 9.31 Å². The van der Waals surface area contributed by atoms with Crippen LogP contribution in [0.5, 0.6) is 0 Å². The summed E-state index contributed by atoms with van der Waals surface area (Å²) < 4.78 is 15.5. The fraction of sp³-hybridized carbons (Fsp3) is 0.209. The lowest BCUT2D eigenvalue weighted by Crippen LogP contribution is -2.41. The molecular formula is C43H36BNO2. The molecule has 3 unspecified atom stereocenters. The molecule has 1 aliphatic heterocycles. The predicted octanol–water partition coefficient (Wildman–Crippen LogP) is 9.24. The normalized spacial score (nSPS) is 24.2. The molecule has 0 amide bonds. The van der Waals surface area contributed by atoms with Gasteiger partial charge in [0.05, 0.1) is 27.7 Å². The summed E-state index contributed by atoms with van der Waals surface area (Å²) in [4.78, 5) is 0. The number of benzene rings is 5. The molecule has 6 aromatic rings. The summed E-state index contributed by atoms with van der Waals surface area (Å²) in [5.41, 5.74) is 11.9. The van der Waals surface area contributed by atoms with Crippen LogP contribution in [0.2, 0.25) is 0 Å². The molecule has 1 aromatic heterocycles. The zero-order chi connectivity index (χ0) is 31.7. The van der Waals surface area contributed by atoms with Gasteiger partial charge in [0.1, 0.15) is 0 Å². The number of rotatable bonds is 2. The largest absolute Gasteiger partial charge is 0.494 e. The monoisotopic (exact) mass is 609 g/mol. The molecule has 0 bridgehead atoms. The van der Waals surface area contributed by atoms with Crippen LogP contribution in [0.3, 0.4) is 0 Å². The van der Waals surface area contributed by atoms with Gasteiger partial charge in [-0.15, -0.1) is 0 Å². The third-order valence-electron chi connectivity index (χ3n) is 11.9. The second kappa shape index (κ2) is 9.25. The van der Waals surface area contributed by atoms with E-state index in [2.05, 4.69) is 166 Å². The molecule has 0 N–H and O–H groups in total. The van der Waals surface area contributed by atoms with Gasteiger partial charge in [-0.2, -0.15) is 0 Å². The van der Waals surface area contributed by atoms with Crippen molar-refractivity contribution in [1.82, 2.24) is 4.57 Å². The molecule has 0 saturated carbocycles. The topological polar surface area (TPSA) is 23.4 Å². The van der Waals surface area contributed by atoms with Gasteiger partial charge in [-0.05, 0) is 79.2 Å². The van der Waals surface area contributed by atoms with Crippen molar-refractivity contribution in [2.75, 3.05) is 0 Å². The van der Waals surface area contributed by atoms with E-state index in [0.29, 0.717) is 11.8 Å². The first-order valence-corrected chi connectivity index (χ1v) is 16.9. The average Bonchev–Trinajstić information content (AvgIpc) is 3.75. The van der Waals surface area contributed by atoms with Crippen LogP contribution >= 0.6 is 0 Å². The van der Waals surface area contributed by atoms with Crippen LogP contribution in [0.1, 0.15) is 55.9 Å². The Hall–Kier alpha value is -4.64. The van der Waals surface area contributed by atoms with Crippen LogP contribution in [-0.2, 0) is 14.7 Å². The molecule has 1 spiro atoms. The highest BCUT2D eigenvalue weighted by molar-refractivity contribution is 6.62. The van der Waals surface area contributed by atoms with Crippen molar-refractivity contribution in [2.24, 2.45) is 5.92 Å². The fourth-order valence-electron chi connectivity index (χ4n) is 9.18. The molecule has 10 rings (SSSR count). The van der Waals surface area contributed by atoms with Crippen molar-refractivity contribution in [3.8, 4) is 16.8 Å². The fourth-order valence-corrected chi connectivity index (χ4v) is 9.18. The number of hydrogen-bond acceptors (Lipinski definition) is 2. The smallest absolute Gasteiger partial charge is 0.399 e. The molecule has 0 radical (unpaired) electrons. The average molecular weight is 610 g/mol. The number of allylic oxidation sites excluding steroid dienone is 4. The van der Waals surface area contributed by atoms with Gasteiger partial charge in [0.25, 0.3) is 0 Å². The number of aromatic nitrogens is 1. The zero-order valence-electron chi connectivity index (χ0n) is 27.2. The van der Waals surface area contributed by atoms with Crippen LogP contribution in [0.25, 0.3) is 38.6 Å². The zero-order valence-corrected chi connectivity index (χ0v) is 27.2. The highest BCUT2D eigenvalue weighted by Gasteiger charge is 2.57. The molecule has 3 nitrogen and oxygen atoms in total. The Morgan fingerprint density at radius 2 is 1.34 bits per heavy atom. The Kier molecular flexibility index (Phi) is 5.41. The Bertz CT molecular complexity index is 2330. The predicted molar refractivity (Wildman–Crippen MR) is 193 cm³/mol. The van der Waals surface area contributed by atoms with Gasteiger partial charge in [0.2, 0.25) is 0 Å². The minimum absolute atomic E-state index is 0.269. The van der Waals surface area contributed by atoms with Crippen molar-refractivity contribution in [1.29, 1.82) is 0 Å². The minimum Gasteiger partial charge on any atom is -0.399 e. The lowest BCUT2D eigenvalue weighted by Gasteiger charge is -2.36. The summed E-state index contributed by atoms with van der Waals surface area (Å²) in [6.07, 6.45) is 9.36. The van der Waals surface area contributed by atoms with Crippen LogP contribution in [0.4, 0.5) is 0 Å². The summed E-state index contributed by atoms with van der Waals surface area (Å²) in [5.74, 6) is 0.641. The molecule has 4 aliphatic rings. The van der Waals surface area contributed by atoms with Crippen molar-refractivity contribution in [2.45, 2.75) is 50.2 Å². The second-order valence-corrected chi connectivity index (χ2v) is 14.7. The SMILES string of the molecule is CC1(C)OB(c2ccc3c(c2)c2ccc4c(c2n3-c2ccccc2)-c2ccccc2C42c3ccccc3C3C=CC=CC32)OC1(C)C. The molecule has 1 saturated heterocycles. The van der Waals surface area contributed by atoms with Crippen molar-refractivity contribution < 1.29 is 9.31 Å². The van der Waals surface area contributed by atoms with Crippen LogP contribution in [0, 0.1) is 5.92 Å². The van der Waals surface area contributed by atoms with Crippen molar-refractivity contribution in [3.05, 3.63) is 156 Å². The summed E-state index contributed by atoms with van der Waals surface area (Å²) >= 11 is 0. The highest BCUT2D eigenvalue weighted by Crippen LogP contribution is 2.66. The molecule has 1 fully saturated rings. The lowest BCUT2D eigenvalue weighted by molar-refractivity contribution is 0.00578. The molecule has 5 aromatic carbocycles. The summed E-state index contributed by atoms with van der Waals surface area (Å²) in [6.45, 7) is 8.47. The van der Waals surface area contributed by atoms with Gasteiger partial charge in [0.15, 0.2) is 0 Å². The molecule has 3 atom stereocenters. The first-order chi connectivity index (χ1) is 22.8. The lowest BCUT2D eigenvalue weighted by atomic mass is 9.65. The van der Waals surface area contributed by atoms with Crippen molar-refractivity contribution in [3.63, 3.8) is 0 Å². The number of nitrogens with zero attached hydrogens (tertiary/aromatic N) is 1. The van der Waals surface area contributed by atoms with E-state index in [-0.39, 0.29) is 5.41 Å². The Labute approximate surface area is 276 Å². The van der Waals surface area contributed by atoms with E-state index >= 15 is 0 Å². The Morgan fingerprint density at radius 1 is 0.638 bits per heavy atom. The van der Waals surface area contributed by atoms with Gasteiger partial charge in [-0.1, -0.05) is 115 Å².